The molecule has 0 saturated carbocycles. The van der Waals surface area contributed by atoms with Gasteiger partial charge < -0.3 is 4.90 Å². The van der Waals surface area contributed by atoms with Crippen molar-refractivity contribution in [3.8, 4) is 11.1 Å². The summed E-state index contributed by atoms with van der Waals surface area (Å²) in [4.78, 5) is 18.1. The molecule has 0 bridgehead atoms. The van der Waals surface area contributed by atoms with E-state index in [2.05, 4.69) is 39.0 Å². The molecule has 0 spiro atoms. The summed E-state index contributed by atoms with van der Waals surface area (Å²) in [5.41, 5.74) is 4.17. The number of nitrogens with one attached hydrogen (secondary N) is 1. The average Bonchev–Trinajstić information content (AvgIpc) is 2.99. The lowest BCUT2D eigenvalue weighted by molar-refractivity contribution is -0.896. The second kappa shape index (κ2) is 6.82. The molecule has 2 aliphatic rings. The van der Waals surface area contributed by atoms with E-state index in [4.69, 9.17) is 12.2 Å². The molecule has 6 heteroatoms. The van der Waals surface area contributed by atoms with E-state index in [1.165, 1.54) is 40.2 Å². The molecule has 4 rings (SSSR count). The Hall–Kier alpha value is -1.08. The predicted octanol–water partition coefficient (Wildman–Crippen LogP) is 4.17. The summed E-state index contributed by atoms with van der Waals surface area (Å²) in [6.45, 7) is 9.24. The van der Waals surface area contributed by atoms with Crippen LogP contribution >= 0.6 is 32.9 Å². The van der Waals surface area contributed by atoms with Crippen LogP contribution in [0.3, 0.4) is 0 Å². The smallest absolute Gasteiger partial charge is 0.282 e. The van der Waals surface area contributed by atoms with E-state index >= 15 is 0 Å². The number of benzene rings is 1. The van der Waals surface area contributed by atoms with Crippen molar-refractivity contribution in [1.82, 2.24) is 0 Å². The van der Waals surface area contributed by atoms with Gasteiger partial charge in [-0.15, -0.1) is 0 Å². The lowest BCUT2D eigenvalue weighted by Crippen LogP contribution is -3.14. The highest BCUT2D eigenvalue weighted by Crippen LogP contribution is 2.52. The third-order valence-electron chi connectivity index (χ3n) is 5.62. The first kappa shape index (κ1) is 18.3. The van der Waals surface area contributed by atoms with Gasteiger partial charge in [0.25, 0.3) is 5.91 Å². The maximum atomic E-state index is 13.4. The molecule has 138 valence electrons. The summed E-state index contributed by atoms with van der Waals surface area (Å²) in [7, 11) is 3.39. The predicted molar refractivity (Wildman–Crippen MR) is 113 cm³/mol. The largest absolute Gasteiger partial charge is 0.327 e. The Morgan fingerprint density at radius 2 is 1.96 bits per heavy atom. The Kier molecular flexibility index (Phi) is 4.80. The Morgan fingerprint density at radius 1 is 1.23 bits per heavy atom. The van der Waals surface area contributed by atoms with E-state index in [1.54, 1.807) is 20.7 Å². The zero-order valence-corrected chi connectivity index (χ0v) is 18.0. The lowest BCUT2D eigenvalue weighted by atomic mass is 9.86. The normalized spacial score (nSPS) is 19.1. The number of nitrogens with zero attached hydrogens (tertiary/aromatic N) is 1. The van der Waals surface area contributed by atoms with Crippen molar-refractivity contribution in [2.45, 2.75) is 45.6 Å². The fourth-order valence-electron chi connectivity index (χ4n) is 4.31. The maximum Gasteiger partial charge on any atom is 0.282 e. The van der Waals surface area contributed by atoms with Crippen molar-refractivity contribution < 1.29 is 9.69 Å². The van der Waals surface area contributed by atoms with Crippen LogP contribution in [0.1, 0.15) is 43.6 Å². The number of quaternary nitrogens is 1. The number of hydrogen-bond donors (Lipinski definition) is 1. The molecular weight excluding hydrogens is 380 g/mol. The van der Waals surface area contributed by atoms with Crippen LogP contribution in [0.2, 0.25) is 0 Å². The number of aryl methyl sites for hydroxylation is 1. The first-order valence-corrected chi connectivity index (χ1v) is 11.9. The van der Waals surface area contributed by atoms with Crippen molar-refractivity contribution >= 4 is 44.5 Å². The highest BCUT2D eigenvalue weighted by molar-refractivity contribution is 7.80. The molecule has 2 aliphatic heterocycles. The summed E-state index contributed by atoms with van der Waals surface area (Å²) >= 11 is 5.65. The van der Waals surface area contributed by atoms with Gasteiger partial charge in [-0.2, -0.15) is 0 Å². The summed E-state index contributed by atoms with van der Waals surface area (Å²) in [6.07, 6.45) is 3.77. The van der Waals surface area contributed by atoms with Crippen LogP contribution in [0.15, 0.2) is 18.2 Å². The van der Waals surface area contributed by atoms with Crippen molar-refractivity contribution in [3.05, 3.63) is 32.5 Å². The van der Waals surface area contributed by atoms with Gasteiger partial charge in [0.15, 0.2) is 6.54 Å². The second-order valence-electron chi connectivity index (χ2n) is 7.95. The topological polar surface area (TPSA) is 24.8 Å². The Labute approximate surface area is 167 Å². The molecule has 0 radical (unpaired) electrons. The highest BCUT2D eigenvalue weighted by Gasteiger charge is 2.43. The summed E-state index contributed by atoms with van der Waals surface area (Å²) in [5, 5.41) is 0. The molecule has 3 heterocycles. The molecule has 1 saturated heterocycles. The maximum absolute atomic E-state index is 13.4. The molecule has 3 nitrogen and oxygen atoms in total. The number of amides is 1. The van der Waals surface area contributed by atoms with Gasteiger partial charge in [-0.25, -0.2) is 0 Å². The van der Waals surface area contributed by atoms with Gasteiger partial charge in [-0.1, -0.05) is 44.5 Å². The van der Waals surface area contributed by atoms with Crippen molar-refractivity contribution in [1.29, 1.82) is 0 Å². The van der Waals surface area contributed by atoms with Crippen LogP contribution in [0.4, 0.5) is 5.69 Å². The Morgan fingerprint density at radius 3 is 2.69 bits per heavy atom. The highest BCUT2D eigenvalue weighted by atomic mass is 32.9. The van der Waals surface area contributed by atoms with Gasteiger partial charge in [0.1, 0.15) is 3.82 Å². The summed E-state index contributed by atoms with van der Waals surface area (Å²) in [6, 6.07) is 6.40. The van der Waals surface area contributed by atoms with E-state index in [-0.39, 0.29) is 11.4 Å². The van der Waals surface area contributed by atoms with E-state index < -0.39 is 0 Å². The molecular formula is C20H25N2OS3+. The van der Waals surface area contributed by atoms with Gasteiger partial charge in [0.2, 0.25) is 0 Å². The van der Waals surface area contributed by atoms with Gasteiger partial charge in [-0.05, 0) is 52.2 Å². The van der Waals surface area contributed by atoms with Crippen LogP contribution in [-0.2, 0) is 10.3 Å². The summed E-state index contributed by atoms with van der Waals surface area (Å²) in [5.74, 6) is 0.229. The third-order valence-corrected chi connectivity index (χ3v) is 8.95. The van der Waals surface area contributed by atoms with Gasteiger partial charge in [-0.3, -0.25) is 9.69 Å². The fourth-order valence-corrected chi connectivity index (χ4v) is 7.59. The molecule has 1 aromatic heterocycles. The number of carbonyl (C=O) groups excluding carboxylic acids is 1. The minimum Gasteiger partial charge on any atom is -0.327 e. The number of piperidine rings is 1. The monoisotopic (exact) mass is 405 g/mol. The fraction of sp³-hybridized carbons (Fsp3) is 0.500. The Balaban J connectivity index is 1.79. The second-order valence-corrected chi connectivity index (χ2v) is 10.8. The van der Waals surface area contributed by atoms with E-state index in [9.17, 15) is 4.79 Å². The molecule has 1 N–H and O–H groups in total. The molecule has 26 heavy (non-hydrogen) atoms. The number of hydrogen-bond acceptors (Lipinski definition) is 4. The minimum absolute atomic E-state index is 0.229. The molecule has 1 aromatic carbocycles. The van der Waals surface area contributed by atoms with E-state index in [0.29, 0.717) is 6.54 Å². The standard InChI is InChI=1S/C20H24N2OS3/c1-13-7-8-15-14(11-13)17-18(25-26-19(17)24)20(2,3)22(15)16(23)12-21-9-5-4-6-10-21/h7-8,11H,4-6,9-10,12H2,1-3H3/p+1. The van der Waals surface area contributed by atoms with Gasteiger partial charge in [0.05, 0.1) is 29.2 Å². The SMILES string of the molecule is Cc1ccc2c(c1)-c1c(ssc1=S)C(C)(C)N2C(=O)C[NH+]1CCCCC1. The van der Waals surface area contributed by atoms with Crippen molar-refractivity contribution in [3.63, 3.8) is 0 Å². The lowest BCUT2D eigenvalue weighted by Gasteiger charge is -2.43. The van der Waals surface area contributed by atoms with Gasteiger partial charge in [0, 0.05) is 11.1 Å². The first-order chi connectivity index (χ1) is 12.4. The number of likely N-dealkylation sites (tertiary alicyclic amines) is 1. The van der Waals surface area contributed by atoms with E-state index in [0.717, 1.165) is 28.2 Å². The van der Waals surface area contributed by atoms with E-state index in [1.807, 2.05) is 4.90 Å². The van der Waals surface area contributed by atoms with Crippen LogP contribution in [-0.4, -0.2) is 25.5 Å². The van der Waals surface area contributed by atoms with Crippen LogP contribution in [0, 0.1) is 10.7 Å². The van der Waals surface area contributed by atoms with Crippen LogP contribution in [0.5, 0.6) is 0 Å². The number of fused-ring (bicyclic) bond motifs is 3. The molecule has 1 fully saturated rings. The molecule has 0 atom stereocenters. The quantitative estimate of drug-likeness (QED) is 0.599. The molecule has 0 aliphatic carbocycles. The summed E-state index contributed by atoms with van der Waals surface area (Å²) < 4.78 is 0.943. The average molecular weight is 406 g/mol. The Bertz CT molecular complexity index is 906. The van der Waals surface area contributed by atoms with Crippen molar-refractivity contribution in [2.75, 3.05) is 24.5 Å². The van der Waals surface area contributed by atoms with Crippen LogP contribution < -0.4 is 9.80 Å². The third kappa shape index (κ3) is 2.97. The molecule has 2 aromatic rings. The number of rotatable bonds is 2. The number of anilines is 1. The first-order valence-electron chi connectivity index (χ1n) is 9.31. The zero-order valence-electron chi connectivity index (χ0n) is 15.6. The van der Waals surface area contributed by atoms with Crippen molar-refractivity contribution in [2.24, 2.45) is 0 Å². The number of carbonyl (C=O) groups is 1. The molecule has 1 amide bonds. The van der Waals surface area contributed by atoms with Crippen LogP contribution in [0.25, 0.3) is 11.1 Å². The zero-order chi connectivity index (χ0) is 18.5. The molecule has 0 unspecified atom stereocenters. The van der Waals surface area contributed by atoms with Gasteiger partial charge >= 0.3 is 0 Å². The minimum atomic E-state index is -0.359.